The Hall–Kier alpha value is -3.68. The molecule has 0 saturated carbocycles. The third-order valence-corrected chi connectivity index (χ3v) is 6.27. The second-order valence-electron chi connectivity index (χ2n) is 8.92. The van der Waals surface area contributed by atoms with Crippen LogP contribution in [0.5, 0.6) is 11.5 Å². The minimum atomic E-state index is -0.901. The summed E-state index contributed by atoms with van der Waals surface area (Å²) in [7, 11) is 1.99. The number of carboxylic acid groups (broad SMARTS) is 1. The zero-order valence-corrected chi connectivity index (χ0v) is 19.9. The number of likely N-dealkylation sites (N-methyl/N-ethyl adjacent to an activating group) is 1. The Labute approximate surface area is 205 Å². The van der Waals surface area contributed by atoms with Crippen molar-refractivity contribution in [2.45, 2.75) is 25.4 Å². The molecule has 0 aliphatic carbocycles. The number of piperidine rings is 1. The molecule has 7 nitrogen and oxygen atoms in total. The summed E-state index contributed by atoms with van der Waals surface area (Å²) in [5.41, 5.74) is 2.07. The van der Waals surface area contributed by atoms with Crippen molar-refractivity contribution in [3.05, 3.63) is 90.0 Å². The van der Waals surface area contributed by atoms with Gasteiger partial charge in [0.2, 0.25) is 5.91 Å². The Bertz CT molecular complexity index is 1130. The van der Waals surface area contributed by atoms with Gasteiger partial charge < -0.3 is 15.2 Å². The standard InChI is InChI=1S/C28H31N3O4/c1-30(24-14-16-31(17-15-24)19-21-6-5-7-22(18-21)28(33)34)20-27(32)29-23-10-12-26(13-11-23)35-25-8-3-2-4-9-25/h2-13,18,24H,14-17,19-20H2,1H3,(H,29,32)(H,33,34). The molecule has 182 valence electrons. The minimum absolute atomic E-state index is 0.0443. The van der Waals surface area contributed by atoms with E-state index in [4.69, 9.17) is 4.74 Å². The van der Waals surface area contributed by atoms with Crippen LogP contribution < -0.4 is 10.1 Å². The van der Waals surface area contributed by atoms with Gasteiger partial charge in [0.05, 0.1) is 12.1 Å². The van der Waals surface area contributed by atoms with Crippen molar-refractivity contribution in [3.8, 4) is 11.5 Å². The number of amides is 1. The average molecular weight is 474 g/mol. The maximum Gasteiger partial charge on any atom is 0.335 e. The zero-order valence-electron chi connectivity index (χ0n) is 19.9. The van der Waals surface area contributed by atoms with Gasteiger partial charge in [0.15, 0.2) is 0 Å². The number of carbonyl (C=O) groups excluding carboxylic acids is 1. The number of nitrogens with zero attached hydrogens (tertiary/aromatic N) is 2. The lowest BCUT2D eigenvalue weighted by Crippen LogP contribution is -2.45. The number of carboxylic acids is 1. The number of hydrogen-bond donors (Lipinski definition) is 2. The summed E-state index contributed by atoms with van der Waals surface area (Å²) in [5.74, 6) is 0.539. The molecule has 35 heavy (non-hydrogen) atoms. The Morgan fingerprint density at radius 2 is 1.66 bits per heavy atom. The first-order valence-electron chi connectivity index (χ1n) is 11.8. The number of carbonyl (C=O) groups is 2. The highest BCUT2D eigenvalue weighted by Gasteiger charge is 2.24. The van der Waals surface area contributed by atoms with Crippen LogP contribution in [0.2, 0.25) is 0 Å². The number of likely N-dealkylation sites (tertiary alicyclic amines) is 1. The summed E-state index contributed by atoms with van der Waals surface area (Å²) in [5, 5.41) is 12.1. The first kappa shape index (κ1) is 24.4. The number of para-hydroxylation sites is 1. The molecule has 1 saturated heterocycles. The molecule has 0 radical (unpaired) electrons. The Morgan fingerprint density at radius 3 is 2.34 bits per heavy atom. The molecule has 1 aliphatic heterocycles. The van der Waals surface area contributed by atoms with Crippen LogP contribution in [0.25, 0.3) is 0 Å². The fourth-order valence-electron chi connectivity index (χ4n) is 4.37. The molecule has 4 rings (SSSR count). The highest BCUT2D eigenvalue weighted by molar-refractivity contribution is 5.92. The maximum absolute atomic E-state index is 12.6. The van der Waals surface area contributed by atoms with Crippen molar-refractivity contribution in [1.82, 2.24) is 9.80 Å². The summed E-state index contributed by atoms with van der Waals surface area (Å²) in [4.78, 5) is 28.2. The number of benzene rings is 3. The number of nitrogens with one attached hydrogen (secondary N) is 1. The predicted octanol–water partition coefficient (Wildman–Crippen LogP) is 4.71. The normalized spacial score (nSPS) is 14.6. The number of rotatable bonds is 9. The summed E-state index contributed by atoms with van der Waals surface area (Å²) in [6.07, 6.45) is 1.93. The monoisotopic (exact) mass is 473 g/mol. The number of aromatic carboxylic acids is 1. The molecule has 0 unspecified atom stereocenters. The topological polar surface area (TPSA) is 82.1 Å². The van der Waals surface area contributed by atoms with E-state index in [9.17, 15) is 14.7 Å². The summed E-state index contributed by atoms with van der Waals surface area (Å²) < 4.78 is 5.79. The Balaban J connectivity index is 1.21. The molecule has 7 heteroatoms. The van der Waals surface area contributed by atoms with Gasteiger partial charge in [-0.25, -0.2) is 4.79 Å². The van der Waals surface area contributed by atoms with E-state index in [2.05, 4.69) is 15.1 Å². The molecule has 1 fully saturated rings. The molecular formula is C28H31N3O4. The van der Waals surface area contributed by atoms with Gasteiger partial charge in [-0.3, -0.25) is 14.6 Å². The molecule has 0 spiro atoms. The fraction of sp³-hybridized carbons (Fsp3) is 0.286. The Kier molecular flexibility index (Phi) is 8.13. The lowest BCUT2D eigenvalue weighted by atomic mass is 10.0. The van der Waals surface area contributed by atoms with Crippen LogP contribution in [-0.4, -0.2) is 59.5 Å². The molecule has 2 N–H and O–H groups in total. The number of anilines is 1. The quantitative estimate of drug-likeness (QED) is 0.468. The van der Waals surface area contributed by atoms with Crippen LogP contribution in [0.1, 0.15) is 28.8 Å². The largest absolute Gasteiger partial charge is 0.478 e. The zero-order chi connectivity index (χ0) is 24.6. The fourth-order valence-corrected chi connectivity index (χ4v) is 4.37. The highest BCUT2D eigenvalue weighted by Crippen LogP contribution is 2.23. The maximum atomic E-state index is 12.6. The smallest absolute Gasteiger partial charge is 0.335 e. The van der Waals surface area contributed by atoms with Crippen molar-refractivity contribution in [3.63, 3.8) is 0 Å². The molecule has 1 heterocycles. The molecular weight excluding hydrogens is 442 g/mol. The van der Waals surface area contributed by atoms with Crippen molar-refractivity contribution in [1.29, 1.82) is 0 Å². The second kappa shape index (κ2) is 11.6. The second-order valence-corrected chi connectivity index (χ2v) is 8.92. The van der Waals surface area contributed by atoms with Crippen LogP contribution in [0.15, 0.2) is 78.9 Å². The van der Waals surface area contributed by atoms with E-state index in [-0.39, 0.29) is 5.91 Å². The van der Waals surface area contributed by atoms with Gasteiger partial charge in [-0.05, 0) is 87.1 Å². The first-order chi connectivity index (χ1) is 17.0. The van der Waals surface area contributed by atoms with Gasteiger partial charge in [-0.2, -0.15) is 0 Å². The number of ether oxygens (including phenoxy) is 1. The van der Waals surface area contributed by atoms with E-state index in [0.717, 1.165) is 49.5 Å². The van der Waals surface area contributed by atoms with Crippen LogP contribution >= 0.6 is 0 Å². The molecule has 0 bridgehead atoms. The molecule has 0 atom stereocenters. The SMILES string of the molecule is CN(CC(=O)Nc1ccc(Oc2ccccc2)cc1)C1CCN(Cc2cccc(C(=O)O)c2)CC1. The average Bonchev–Trinajstić information content (AvgIpc) is 2.86. The van der Waals surface area contributed by atoms with Crippen molar-refractivity contribution < 1.29 is 19.4 Å². The van der Waals surface area contributed by atoms with Gasteiger partial charge in [-0.1, -0.05) is 30.3 Å². The molecule has 3 aromatic carbocycles. The first-order valence-corrected chi connectivity index (χ1v) is 11.8. The van der Waals surface area contributed by atoms with Crippen molar-refractivity contribution in [2.75, 3.05) is 32.0 Å². The van der Waals surface area contributed by atoms with E-state index < -0.39 is 5.97 Å². The van der Waals surface area contributed by atoms with E-state index in [1.165, 1.54) is 0 Å². The van der Waals surface area contributed by atoms with E-state index >= 15 is 0 Å². The lowest BCUT2D eigenvalue weighted by Gasteiger charge is -2.36. The van der Waals surface area contributed by atoms with Gasteiger partial charge in [0, 0.05) is 18.3 Å². The summed E-state index contributed by atoms with van der Waals surface area (Å²) >= 11 is 0. The van der Waals surface area contributed by atoms with E-state index in [0.29, 0.717) is 23.9 Å². The predicted molar refractivity (Wildman–Crippen MR) is 136 cm³/mol. The van der Waals surface area contributed by atoms with Crippen LogP contribution in [-0.2, 0) is 11.3 Å². The molecule has 1 amide bonds. The van der Waals surface area contributed by atoms with Crippen LogP contribution in [0.4, 0.5) is 5.69 Å². The Morgan fingerprint density at radius 1 is 0.971 bits per heavy atom. The van der Waals surface area contributed by atoms with Gasteiger partial charge >= 0.3 is 5.97 Å². The van der Waals surface area contributed by atoms with Crippen molar-refractivity contribution in [2.24, 2.45) is 0 Å². The van der Waals surface area contributed by atoms with Crippen LogP contribution in [0, 0.1) is 0 Å². The van der Waals surface area contributed by atoms with Crippen molar-refractivity contribution >= 4 is 17.6 Å². The third kappa shape index (κ3) is 7.15. The molecule has 0 aromatic heterocycles. The summed E-state index contributed by atoms with van der Waals surface area (Å²) in [6.45, 7) is 2.89. The third-order valence-electron chi connectivity index (χ3n) is 6.27. The van der Waals surface area contributed by atoms with Crippen LogP contribution in [0.3, 0.4) is 0 Å². The van der Waals surface area contributed by atoms with Gasteiger partial charge in [0.1, 0.15) is 11.5 Å². The summed E-state index contributed by atoms with van der Waals surface area (Å²) in [6, 6.07) is 24.4. The van der Waals surface area contributed by atoms with Gasteiger partial charge in [-0.15, -0.1) is 0 Å². The molecule has 3 aromatic rings. The van der Waals surface area contributed by atoms with E-state index in [1.807, 2.05) is 67.7 Å². The lowest BCUT2D eigenvalue weighted by molar-refractivity contribution is -0.117. The number of hydrogen-bond acceptors (Lipinski definition) is 5. The minimum Gasteiger partial charge on any atom is -0.478 e. The van der Waals surface area contributed by atoms with Gasteiger partial charge in [0.25, 0.3) is 0 Å². The highest BCUT2D eigenvalue weighted by atomic mass is 16.5. The van der Waals surface area contributed by atoms with E-state index in [1.54, 1.807) is 18.2 Å². The molecule has 1 aliphatic rings.